The minimum Gasteiger partial charge on any atom is -0.459 e. The Hall–Kier alpha value is -3.00. The number of sulfone groups is 1. The molecule has 1 atom stereocenters. The molecule has 1 aliphatic heterocycles. The molecule has 1 aliphatic carbocycles. The second-order valence-electron chi connectivity index (χ2n) is 9.66. The van der Waals surface area contributed by atoms with E-state index in [2.05, 4.69) is 4.99 Å². The van der Waals surface area contributed by atoms with Crippen LogP contribution < -0.4 is 4.74 Å². The number of benzene rings is 2. The molecule has 2 aromatic rings. The van der Waals surface area contributed by atoms with E-state index in [1.165, 1.54) is 48.7 Å². The molecule has 1 fully saturated rings. The van der Waals surface area contributed by atoms with Crippen LogP contribution in [0.4, 0.5) is 4.39 Å². The highest BCUT2D eigenvalue weighted by Gasteiger charge is 2.66. The van der Waals surface area contributed by atoms with Gasteiger partial charge in [-0.25, -0.2) is 12.8 Å². The molecule has 4 rings (SSSR count). The largest absolute Gasteiger partial charge is 0.459 e. The zero-order valence-corrected chi connectivity index (χ0v) is 20.3. The predicted molar refractivity (Wildman–Crippen MR) is 127 cm³/mol. The topological polar surface area (TPSA) is 82.0 Å². The van der Waals surface area contributed by atoms with Gasteiger partial charge in [-0.2, -0.15) is 0 Å². The van der Waals surface area contributed by atoms with Crippen LogP contribution in [-0.2, 0) is 19.4 Å². The molecule has 1 saturated carbocycles. The molecule has 0 saturated heterocycles. The zero-order chi connectivity index (χ0) is 24.6. The summed E-state index contributed by atoms with van der Waals surface area (Å²) in [5.41, 5.74) is -2.22. The highest BCUT2D eigenvalue weighted by atomic mass is 32.2. The fourth-order valence-corrected chi connectivity index (χ4v) is 6.77. The predicted octanol–water partition coefficient (Wildman–Crippen LogP) is 5.25. The van der Waals surface area contributed by atoms with E-state index in [1.807, 2.05) is 0 Å². The number of rotatable bonds is 6. The summed E-state index contributed by atoms with van der Waals surface area (Å²) in [6.07, 6.45) is 4.70. The van der Waals surface area contributed by atoms with E-state index in [0.717, 1.165) is 0 Å². The first-order chi connectivity index (χ1) is 16.0. The second-order valence-corrected chi connectivity index (χ2v) is 11.8. The molecular formula is C26H28FNO5S. The molecule has 1 unspecified atom stereocenters. The molecule has 2 aliphatic rings. The van der Waals surface area contributed by atoms with Crippen molar-refractivity contribution in [2.75, 3.05) is 0 Å². The van der Waals surface area contributed by atoms with Crippen LogP contribution in [0.1, 0.15) is 46.5 Å². The molecule has 0 N–H and O–H groups in total. The maximum absolute atomic E-state index is 14.2. The first-order valence-electron chi connectivity index (χ1n) is 11.2. The Morgan fingerprint density at radius 3 is 2.21 bits per heavy atom. The number of hydrogen-bond acceptors (Lipinski definition) is 6. The number of carbonyl (C=O) groups excluding carboxylic acids is 1. The van der Waals surface area contributed by atoms with Gasteiger partial charge in [-0.3, -0.25) is 9.79 Å². The first-order valence-corrected chi connectivity index (χ1v) is 12.7. The molecular weight excluding hydrogens is 457 g/mol. The summed E-state index contributed by atoms with van der Waals surface area (Å²) in [6, 6.07) is 13.4. The number of carbonyl (C=O) groups is 1. The van der Waals surface area contributed by atoms with Crippen molar-refractivity contribution >= 4 is 22.0 Å². The summed E-state index contributed by atoms with van der Waals surface area (Å²) in [6.45, 7) is 5.26. The van der Waals surface area contributed by atoms with Gasteiger partial charge in [-0.05, 0) is 70.0 Å². The maximum atomic E-state index is 14.2. The van der Waals surface area contributed by atoms with Crippen molar-refractivity contribution in [2.24, 2.45) is 10.4 Å². The normalized spacial score (nSPS) is 21.8. The standard InChI is InChI=1S/C26H28FNO5S/c1-24(2,3)33-23(29)25(15-7-8-16-25)26(34(30,31)22-9-5-4-6-10-22)17-21(18-28-26)32-20-13-11-19(27)12-14-20/h4-6,9-14,17-18H,7-8,15-16H2,1-3H3. The van der Waals surface area contributed by atoms with Gasteiger partial charge in [-0.15, -0.1) is 0 Å². The van der Waals surface area contributed by atoms with Gasteiger partial charge < -0.3 is 9.47 Å². The van der Waals surface area contributed by atoms with E-state index in [0.29, 0.717) is 31.4 Å². The summed E-state index contributed by atoms with van der Waals surface area (Å²) < 4.78 is 53.3. The van der Waals surface area contributed by atoms with Crippen LogP contribution >= 0.6 is 0 Å². The Morgan fingerprint density at radius 1 is 1.00 bits per heavy atom. The van der Waals surface area contributed by atoms with Crippen molar-refractivity contribution < 1.29 is 27.1 Å². The summed E-state index contributed by atoms with van der Waals surface area (Å²) in [5.74, 6) is -0.517. The summed E-state index contributed by atoms with van der Waals surface area (Å²) in [7, 11) is -4.19. The van der Waals surface area contributed by atoms with Gasteiger partial charge in [0.2, 0.25) is 14.7 Å². The molecule has 34 heavy (non-hydrogen) atoms. The Labute approximate surface area is 199 Å². The van der Waals surface area contributed by atoms with E-state index in [1.54, 1.807) is 39.0 Å². The van der Waals surface area contributed by atoms with E-state index < -0.39 is 37.5 Å². The average Bonchev–Trinajstić information content (AvgIpc) is 3.44. The Balaban J connectivity index is 1.87. The quantitative estimate of drug-likeness (QED) is 0.522. The lowest BCUT2D eigenvalue weighted by Gasteiger charge is -2.41. The SMILES string of the molecule is CC(C)(C)OC(=O)C1(C2(S(=O)(=O)c3ccccc3)C=C(Oc3ccc(F)cc3)C=N2)CCCC1. The highest BCUT2D eigenvalue weighted by molar-refractivity contribution is 7.93. The lowest BCUT2D eigenvalue weighted by molar-refractivity contribution is -0.169. The van der Waals surface area contributed by atoms with Crippen molar-refractivity contribution in [3.63, 3.8) is 0 Å². The van der Waals surface area contributed by atoms with Gasteiger partial charge in [0.1, 0.15) is 28.3 Å². The minimum atomic E-state index is -4.19. The fraction of sp³-hybridized carbons (Fsp3) is 0.385. The molecule has 1 heterocycles. The van der Waals surface area contributed by atoms with Crippen LogP contribution in [0, 0.1) is 11.2 Å². The van der Waals surface area contributed by atoms with Crippen LogP contribution in [0.15, 0.2) is 76.3 Å². The van der Waals surface area contributed by atoms with Gasteiger partial charge in [0.25, 0.3) is 0 Å². The molecule has 0 spiro atoms. The third-order valence-electron chi connectivity index (χ3n) is 6.17. The van der Waals surface area contributed by atoms with Crippen LogP contribution in [-0.4, -0.2) is 31.1 Å². The first kappa shape index (κ1) is 24.1. The average molecular weight is 486 g/mol. The minimum absolute atomic E-state index is 0.0567. The van der Waals surface area contributed by atoms with Gasteiger partial charge in [0.15, 0.2) is 0 Å². The van der Waals surface area contributed by atoms with Crippen LogP contribution in [0.25, 0.3) is 0 Å². The van der Waals surface area contributed by atoms with Gasteiger partial charge in [-0.1, -0.05) is 31.0 Å². The van der Waals surface area contributed by atoms with Gasteiger partial charge in [0.05, 0.1) is 11.1 Å². The van der Waals surface area contributed by atoms with E-state index >= 15 is 0 Å². The highest BCUT2D eigenvalue weighted by Crippen LogP contribution is 2.56. The van der Waals surface area contributed by atoms with Crippen molar-refractivity contribution in [3.8, 4) is 5.75 Å². The molecule has 0 bridgehead atoms. The van der Waals surface area contributed by atoms with Gasteiger partial charge in [0, 0.05) is 6.08 Å². The molecule has 0 radical (unpaired) electrons. The van der Waals surface area contributed by atoms with E-state index in [9.17, 15) is 17.6 Å². The summed E-state index contributed by atoms with van der Waals surface area (Å²) in [5, 5.41) is 0. The Bertz CT molecular complexity index is 1220. The van der Waals surface area contributed by atoms with Gasteiger partial charge >= 0.3 is 5.97 Å². The van der Waals surface area contributed by atoms with Crippen molar-refractivity contribution in [1.82, 2.24) is 0 Å². The number of ether oxygens (including phenoxy) is 2. The van der Waals surface area contributed by atoms with Crippen molar-refractivity contribution in [2.45, 2.75) is 61.8 Å². The molecule has 2 aromatic carbocycles. The monoisotopic (exact) mass is 485 g/mol. The third kappa shape index (κ3) is 4.15. The lowest BCUT2D eigenvalue weighted by Crippen LogP contribution is -2.55. The van der Waals surface area contributed by atoms with E-state index in [-0.39, 0.29) is 10.7 Å². The molecule has 6 nitrogen and oxygen atoms in total. The number of esters is 1. The van der Waals surface area contributed by atoms with Crippen molar-refractivity contribution in [3.05, 3.63) is 72.2 Å². The number of allylic oxidation sites excluding steroid dienone is 1. The number of aliphatic imine (C=N–C) groups is 1. The molecule has 0 aromatic heterocycles. The number of nitrogens with zero attached hydrogens (tertiary/aromatic N) is 1. The van der Waals surface area contributed by atoms with Crippen molar-refractivity contribution in [1.29, 1.82) is 0 Å². The smallest absolute Gasteiger partial charge is 0.316 e. The number of hydrogen-bond donors (Lipinski definition) is 0. The maximum Gasteiger partial charge on any atom is 0.316 e. The zero-order valence-electron chi connectivity index (χ0n) is 19.5. The fourth-order valence-electron chi connectivity index (χ4n) is 4.63. The lowest BCUT2D eigenvalue weighted by atomic mass is 9.78. The molecule has 180 valence electrons. The van der Waals surface area contributed by atoms with E-state index in [4.69, 9.17) is 9.47 Å². The Kier molecular flexibility index (Phi) is 6.14. The van der Waals surface area contributed by atoms with Crippen LogP contribution in [0.2, 0.25) is 0 Å². The summed E-state index contributed by atoms with van der Waals surface area (Å²) >= 11 is 0. The molecule has 0 amide bonds. The van der Waals surface area contributed by atoms with Crippen LogP contribution in [0.3, 0.4) is 0 Å². The Morgan fingerprint density at radius 2 is 1.62 bits per heavy atom. The summed E-state index contributed by atoms with van der Waals surface area (Å²) in [4.78, 5) is 16.3. The second kappa shape index (κ2) is 8.65. The number of halogens is 1. The van der Waals surface area contributed by atoms with Crippen LogP contribution in [0.5, 0.6) is 5.75 Å². The molecule has 8 heteroatoms. The third-order valence-corrected chi connectivity index (χ3v) is 8.49.